The topological polar surface area (TPSA) is 56.8 Å². The third-order valence-corrected chi connectivity index (χ3v) is 3.92. The Morgan fingerprint density at radius 1 is 1.04 bits per heavy atom. The molecule has 0 saturated heterocycles. The number of rotatable bonds is 7. The fraction of sp³-hybridized carbons (Fsp3) is 0.350. The summed E-state index contributed by atoms with van der Waals surface area (Å²) in [5, 5.41) is 3.00. The van der Waals surface area contributed by atoms with Crippen LogP contribution in [0.4, 0.5) is 0 Å². The summed E-state index contributed by atoms with van der Waals surface area (Å²) in [5.41, 5.74) is 2.56. The number of methoxy groups -OCH3 is 2. The summed E-state index contributed by atoms with van der Waals surface area (Å²) in [7, 11) is 3.18. The molecule has 25 heavy (non-hydrogen) atoms. The molecule has 2 rings (SSSR count). The van der Waals surface area contributed by atoms with E-state index >= 15 is 0 Å². The van der Waals surface area contributed by atoms with Gasteiger partial charge in [0.15, 0.2) is 11.5 Å². The lowest BCUT2D eigenvalue weighted by molar-refractivity contribution is 0.0939. The number of carbonyl (C=O) groups is 1. The lowest BCUT2D eigenvalue weighted by Gasteiger charge is -2.18. The summed E-state index contributed by atoms with van der Waals surface area (Å²) in [6.07, 6.45) is 0. The molecule has 0 aliphatic carbocycles. The maximum Gasteiger partial charge on any atom is 0.251 e. The molecule has 0 unspecified atom stereocenters. The van der Waals surface area contributed by atoms with Crippen LogP contribution in [0.15, 0.2) is 36.4 Å². The second-order valence-electron chi connectivity index (χ2n) is 5.74. The smallest absolute Gasteiger partial charge is 0.251 e. The van der Waals surface area contributed by atoms with Gasteiger partial charge >= 0.3 is 0 Å². The molecule has 0 aliphatic rings. The van der Waals surface area contributed by atoms with E-state index in [1.54, 1.807) is 32.4 Å². The van der Waals surface area contributed by atoms with E-state index < -0.39 is 0 Å². The molecule has 0 saturated carbocycles. The molecule has 1 atom stereocenters. The molecule has 1 amide bonds. The minimum Gasteiger partial charge on any atom is -0.496 e. The van der Waals surface area contributed by atoms with Gasteiger partial charge in [-0.2, -0.15) is 0 Å². The molecule has 0 radical (unpaired) electrons. The van der Waals surface area contributed by atoms with Crippen LogP contribution < -0.4 is 19.5 Å². The molecule has 0 spiro atoms. The monoisotopic (exact) mass is 343 g/mol. The van der Waals surface area contributed by atoms with Crippen LogP contribution in [0.1, 0.15) is 41.4 Å². The van der Waals surface area contributed by atoms with Gasteiger partial charge in [0.1, 0.15) is 5.75 Å². The van der Waals surface area contributed by atoms with Crippen molar-refractivity contribution in [2.45, 2.75) is 26.8 Å². The van der Waals surface area contributed by atoms with Gasteiger partial charge in [-0.1, -0.05) is 17.7 Å². The van der Waals surface area contributed by atoms with E-state index in [4.69, 9.17) is 14.2 Å². The molecule has 0 bridgehead atoms. The summed E-state index contributed by atoms with van der Waals surface area (Å²) in [5.74, 6) is 1.73. The lowest BCUT2D eigenvalue weighted by atomic mass is 10.0. The molecular formula is C20H25NO4. The quantitative estimate of drug-likeness (QED) is 0.828. The van der Waals surface area contributed by atoms with Gasteiger partial charge in [0.25, 0.3) is 5.91 Å². The van der Waals surface area contributed by atoms with E-state index in [1.807, 2.05) is 39.0 Å². The van der Waals surface area contributed by atoms with Gasteiger partial charge in [-0.15, -0.1) is 0 Å². The Bertz CT molecular complexity index is 742. The van der Waals surface area contributed by atoms with Gasteiger partial charge in [0.05, 0.1) is 26.9 Å². The Kier molecular flexibility index (Phi) is 6.28. The Hall–Kier alpha value is -2.69. The van der Waals surface area contributed by atoms with Gasteiger partial charge in [-0.3, -0.25) is 4.79 Å². The van der Waals surface area contributed by atoms with E-state index in [1.165, 1.54) is 0 Å². The zero-order valence-corrected chi connectivity index (χ0v) is 15.4. The molecule has 5 nitrogen and oxygen atoms in total. The van der Waals surface area contributed by atoms with Crippen LogP contribution in [-0.2, 0) is 0 Å². The minimum absolute atomic E-state index is 0.183. The van der Waals surface area contributed by atoms with Crippen molar-refractivity contribution in [3.8, 4) is 17.2 Å². The highest BCUT2D eigenvalue weighted by Crippen LogP contribution is 2.29. The average Bonchev–Trinajstić information content (AvgIpc) is 2.62. The van der Waals surface area contributed by atoms with Crippen molar-refractivity contribution >= 4 is 5.91 Å². The van der Waals surface area contributed by atoms with Crippen LogP contribution in [0, 0.1) is 6.92 Å². The second kappa shape index (κ2) is 8.42. The number of ether oxygens (including phenoxy) is 3. The van der Waals surface area contributed by atoms with Crippen molar-refractivity contribution in [1.29, 1.82) is 0 Å². The van der Waals surface area contributed by atoms with Crippen LogP contribution in [0.5, 0.6) is 17.2 Å². The first-order valence-electron chi connectivity index (χ1n) is 8.26. The second-order valence-corrected chi connectivity index (χ2v) is 5.74. The van der Waals surface area contributed by atoms with E-state index in [-0.39, 0.29) is 11.9 Å². The van der Waals surface area contributed by atoms with Gasteiger partial charge in [-0.25, -0.2) is 0 Å². The third kappa shape index (κ3) is 4.44. The first-order chi connectivity index (χ1) is 12.0. The number of amides is 1. The fourth-order valence-electron chi connectivity index (χ4n) is 2.63. The summed E-state index contributed by atoms with van der Waals surface area (Å²) in [6, 6.07) is 10.9. The first kappa shape index (κ1) is 18.6. The lowest BCUT2D eigenvalue weighted by Crippen LogP contribution is -2.27. The van der Waals surface area contributed by atoms with E-state index in [9.17, 15) is 4.79 Å². The van der Waals surface area contributed by atoms with E-state index in [0.717, 1.165) is 16.9 Å². The molecule has 1 N–H and O–H groups in total. The van der Waals surface area contributed by atoms with Crippen LogP contribution >= 0.6 is 0 Å². The van der Waals surface area contributed by atoms with Crippen LogP contribution in [0.3, 0.4) is 0 Å². The summed E-state index contributed by atoms with van der Waals surface area (Å²) < 4.78 is 16.2. The van der Waals surface area contributed by atoms with Crippen molar-refractivity contribution < 1.29 is 19.0 Å². The SMILES string of the molecule is CCOc1ccc(C(=O)N[C@H](C)c2cc(C)ccc2OC)cc1OC. The van der Waals surface area contributed by atoms with Gasteiger partial charge < -0.3 is 19.5 Å². The molecule has 0 fully saturated rings. The highest BCUT2D eigenvalue weighted by molar-refractivity contribution is 5.95. The number of carbonyl (C=O) groups excluding carboxylic acids is 1. The first-order valence-corrected chi connectivity index (χ1v) is 8.26. The molecule has 2 aromatic carbocycles. The summed E-state index contributed by atoms with van der Waals surface area (Å²) in [4.78, 5) is 12.6. The highest BCUT2D eigenvalue weighted by atomic mass is 16.5. The number of aryl methyl sites for hydroxylation is 1. The Morgan fingerprint density at radius 3 is 2.36 bits per heavy atom. The maximum absolute atomic E-state index is 12.6. The van der Waals surface area contributed by atoms with E-state index in [2.05, 4.69) is 5.32 Å². The average molecular weight is 343 g/mol. The Morgan fingerprint density at radius 2 is 1.72 bits per heavy atom. The van der Waals surface area contributed by atoms with Crippen LogP contribution in [-0.4, -0.2) is 26.7 Å². The number of hydrogen-bond donors (Lipinski definition) is 1. The molecule has 5 heteroatoms. The predicted octanol–water partition coefficient (Wildman–Crippen LogP) is 3.90. The molecule has 0 aliphatic heterocycles. The number of hydrogen-bond acceptors (Lipinski definition) is 4. The normalized spacial score (nSPS) is 11.6. The summed E-state index contributed by atoms with van der Waals surface area (Å²) in [6.45, 7) is 6.37. The van der Waals surface area contributed by atoms with Gasteiger partial charge in [0, 0.05) is 11.1 Å². The molecule has 0 aromatic heterocycles. The largest absolute Gasteiger partial charge is 0.496 e. The third-order valence-electron chi connectivity index (χ3n) is 3.92. The van der Waals surface area contributed by atoms with Crippen molar-refractivity contribution in [2.24, 2.45) is 0 Å². The number of benzene rings is 2. The summed E-state index contributed by atoms with van der Waals surface area (Å²) >= 11 is 0. The Labute approximate surface area is 148 Å². The molecule has 0 heterocycles. The van der Waals surface area contributed by atoms with Crippen molar-refractivity contribution in [2.75, 3.05) is 20.8 Å². The zero-order chi connectivity index (χ0) is 18.4. The van der Waals surface area contributed by atoms with Crippen LogP contribution in [0.2, 0.25) is 0 Å². The molecule has 134 valence electrons. The van der Waals surface area contributed by atoms with Crippen molar-refractivity contribution in [3.63, 3.8) is 0 Å². The molecular weight excluding hydrogens is 318 g/mol. The maximum atomic E-state index is 12.6. The minimum atomic E-state index is -0.195. The van der Waals surface area contributed by atoms with Crippen LogP contribution in [0.25, 0.3) is 0 Å². The van der Waals surface area contributed by atoms with Crippen molar-refractivity contribution in [1.82, 2.24) is 5.32 Å². The number of nitrogens with one attached hydrogen (secondary N) is 1. The van der Waals surface area contributed by atoms with Crippen molar-refractivity contribution in [3.05, 3.63) is 53.1 Å². The zero-order valence-electron chi connectivity index (χ0n) is 15.4. The standard InChI is InChI=1S/C20H25NO4/c1-6-25-18-10-8-15(12-19(18)24-5)20(22)21-14(3)16-11-13(2)7-9-17(16)23-4/h7-12,14H,6H2,1-5H3,(H,21,22)/t14-/m1/s1. The van der Waals surface area contributed by atoms with Gasteiger partial charge in [0.2, 0.25) is 0 Å². The molecule has 2 aromatic rings. The fourth-order valence-corrected chi connectivity index (χ4v) is 2.63. The van der Waals surface area contributed by atoms with Gasteiger partial charge in [-0.05, 0) is 45.0 Å². The Balaban J connectivity index is 2.20. The highest BCUT2D eigenvalue weighted by Gasteiger charge is 2.17. The predicted molar refractivity (Wildman–Crippen MR) is 97.8 cm³/mol. The van der Waals surface area contributed by atoms with E-state index in [0.29, 0.717) is 23.7 Å².